The van der Waals surface area contributed by atoms with Gasteiger partial charge in [0.2, 0.25) is 12.7 Å². The predicted octanol–water partition coefficient (Wildman–Crippen LogP) is 3.16. The first-order chi connectivity index (χ1) is 12.2. The van der Waals surface area contributed by atoms with E-state index in [4.69, 9.17) is 9.47 Å². The molecule has 1 amide bonds. The standard InChI is InChI=1S/C20H18N2O3/c1-22(12-15-4-2-6-17-16(15)5-3-9-21-17)20(23)11-14-7-8-18-19(10-14)25-13-24-18/h2-10H,11-13H2,1H3. The Morgan fingerprint density at radius 3 is 2.92 bits per heavy atom. The van der Waals surface area contributed by atoms with E-state index < -0.39 is 0 Å². The van der Waals surface area contributed by atoms with Crippen molar-refractivity contribution in [1.29, 1.82) is 0 Å². The maximum atomic E-state index is 12.6. The summed E-state index contributed by atoms with van der Waals surface area (Å²) in [6.45, 7) is 0.786. The second-order valence-corrected chi connectivity index (χ2v) is 6.10. The van der Waals surface area contributed by atoms with E-state index in [1.165, 1.54) is 0 Å². The monoisotopic (exact) mass is 334 g/mol. The number of hydrogen-bond acceptors (Lipinski definition) is 4. The van der Waals surface area contributed by atoms with Crippen molar-refractivity contribution in [1.82, 2.24) is 9.88 Å². The third-order valence-corrected chi connectivity index (χ3v) is 4.36. The van der Waals surface area contributed by atoms with Crippen LogP contribution in [0.15, 0.2) is 54.7 Å². The summed E-state index contributed by atoms with van der Waals surface area (Å²) in [4.78, 5) is 18.7. The Kier molecular flexibility index (Phi) is 3.98. The number of nitrogens with zero attached hydrogens (tertiary/aromatic N) is 2. The molecule has 0 N–H and O–H groups in total. The van der Waals surface area contributed by atoms with Crippen molar-refractivity contribution in [2.45, 2.75) is 13.0 Å². The number of carbonyl (C=O) groups is 1. The zero-order valence-corrected chi connectivity index (χ0v) is 13.9. The number of aromatic nitrogens is 1. The van der Waals surface area contributed by atoms with Crippen LogP contribution in [0.5, 0.6) is 11.5 Å². The van der Waals surface area contributed by atoms with Crippen LogP contribution in [-0.2, 0) is 17.8 Å². The van der Waals surface area contributed by atoms with Crippen LogP contribution in [0.25, 0.3) is 10.9 Å². The summed E-state index contributed by atoms with van der Waals surface area (Å²) in [7, 11) is 1.82. The van der Waals surface area contributed by atoms with Gasteiger partial charge in [-0.05, 0) is 35.4 Å². The Morgan fingerprint density at radius 1 is 1.12 bits per heavy atom. The van der Waals surface area contributed by atoms with Crippen LogP contribution in [0.3, 0.4) is 0 Å². The van der Waals surface area contributed by atoms with Gasteiger partial charge in [0, 0.05) is 25.2 Å². The number of ether oxygens (including phenoxy) is 2. The van der Waals surface area contributed by atoms with Crippen molar-refractivity contribution in [2.75, 3.05) is 13.8 Å². The average molecular weight is 334 g/mol. The van der Waals surface area contributed by atoms with E-state index in [1.54, 1.807) is 11.1 Å². The lowest BCUT2D eigenvalue weighted by Gasteiger charge is -2.18. The van der Waals surface area contributed by atoms with Crippen LogP contribution in [0.4, 0.5) is 0 Å². The molecule has 126 valence electrons. The number of rotatable bonds is 4. The third kappa shape index (κ3) is 3.13. The highest BCUT2D eigenvalue weighted by Gasteiger charge is 2.16. The molecule has 0 aliphatic carbocycles. The van der Waals surface area contributed by atoms with E-state index in [2.05, 4.69) is 4.98 Å². The summed E-state index contributed by atoms with van der Waals surface area (Å²) in [6, 6.07) is 15.6. The highest BCUT2D eigenvalue weighted by atomic mass is 16.7. The molecule has 2 heterocycles. The number of carbonyl (C=O) groups excluding carboxylic acids is 1. The van der Waals surface area contributed by atoms with Gasteiger partial charge in [0.15, 0.2) is 11.5 Å². The fourth-order valence-corrected chi connectivity index (χ4v) is 3.01. The molecule has 0 fully saturated rings. The summed E-state index contributed by atoms with van der Waals surface area (Å²) in [6.07, 6.45) is 2.11. The van der Waals surface area contributed by atoms with Gasteiger partial charge in [0.05, 0.1) is 11.9 Å². The molecule has 0 saturated heterocycles. The fourth-order valence-electron chi connectivity index (χ4n) is 3.01. The van der Waals surface area contributed by atoms with E-state index >= 15 is 0 Å². The topological polar surface area (TPSA) is 51.7 Å². The molecule has 0 unspecified atom stereocenters. The van der Waals surface area contributed by atoms with Gasteiger partial charge in [-0.25, -0.2) is 0 Å². The highest BCUT2D eigenvalue weighted by Crippen LogP contribution is 2.32. The zero-order valence-electron chi connectivity index (χ0n) is 13.9. The number of benzene rings is 2. The van der Waals surface area contributed by atoms with Crippen molar-refractivity contribution in [3.05, 3.63) is 65.9 Å². The summed E-state index contributed by atoms with van der Waals surface area (Å²) in [5, 5.41) is 1.08. The quantitative estimate of drug-likeness (QED) is 0.735. The van der Waals surface area contributed by atoms with Gasteiger partial charge in [-0.2, -0.15) is 0 Å². The SMILES string of the molecule is CN(Cc1cccc2ncccc12)C(=O)Cc1ccc2c(c1)OCO2. The van der Waals surface area contributed by atoms with E-state index in [0.717, 1.165) is 27.8 Å². The molecule has 0 bridgehead atoms. The Bertz CT molecular complexity index is 934. The smallest absolute Gasteiger partial charge is 0.231 e. The minimum Gasteiger partial charge on any atom is -0.454 e. The van der Waals surface area contributed by atoms with Crippen molar-refractivity contribution in [3.8, 4) is 11.5 Å². The molecule has 5 nitrogen and oxygen atoms in total. The Labute approximate surface area is 145 Å². The lowest BCUT2D eigenvalue weighted by molar-refractivity contribution is -0.129. The molecule has 1 aliphatic heterocycles. The van der Waals surface area contributed by atoms with Gasteiger partial charge in [-0.3, -0.25) is 9.78 Å². The lowest BCUT2D eigenvalue weighted by Crippen LogP contribution is -2.27. The van der Waals surface area contributed by atoms with E-state index in [9.17, 15) is 4.79 Å². The van der Waals surface area contributed by atoms with Gasteiger partial charge >= 0.3 is 0 Å². The Hall–Kier alpha value is -3.08. The van der Waals surface area contributed by atoms with Gasteiger partial charge in [-0.1, -0.05) is 24.3 Å². The minimum absolute atomic E-state index is 0.0553. The molecule has 1 aromatic heterocycles. The number of likely N-dealkylation sites (N-methyl/N-ethyl adjacent to an activating group) is 1. The molecule has 0 radical (unpaired) electrons. The summed E-state index contributed by atoms with van der Waals surface area (Å²) in [5.41, 5.74) is 2.95. The summed E-state index contributed by atoms with van der Waals surface area (Å²) >= 11 is 0. The van der Waals surface area contributed by atoms with E-state index in [0.29, 0.717) is 18.7 Å². The molecular weight excluding hydrogens is 316 g/mol. The summed E-state index contributed by atoms with van der Waals surface area (Å²) < 4.78 is 10.7. The number of hydrogen-bond donors (Lipinski definition) is 0. The van der Waals surface area contributed by atoms with Crippen LogP contribution >= 0.6 is 0 Å². The van der Waals surface area contributed by atoms with Crippen LogP contribution in [-0.4, -0.2) is 29.6 Å². The second kappa shape index (κ2) is 6.43. The summed E-state index contributed by atoms with van der Waals surface area (Å²) in [5.74, 6) is 1.49. The molecule has 3 aromatic rings. The van der Waals surface area contributed by atoms with Gasteiger partial charge in [0.1, 0.15) is 0 Å². The van der Waals surface area contributed by atoms with Crippen molar-refractivity contribution >= 4 is 16.8 Å². The lowest BCUT2D eigenvalue weighted by atomic mass is 10.1. The van der Waals surface area contributed by atoms with Gasteiger partial charge < -0.3 is 14.4 Å². The van der Waals surface area contributed by atoms with E-state index in [-0.39, 0.29) is 12.7 Å². The normalized spacial score (nSPS) is 12.4. The third-order valence-electron chi connectivity index (χ3n) is 4.36. The highest BCUT2D eigenvalue weighted by molar-refractivity contribution is 5.83. The van der Waals surface area contributed by atoms with Gasteiger partial charge in [-0.15, -0.1) is 0 Å². The number of pyridine rings is 1. The number of fused-ring (bicyclic) bond motifs is 2. The van der Waals surface area contributed by atoms with Crippen LogP contribution in [0.2, 0.25) is 0 Å². The Morgan fingerprint density at radius 2 is 2.00 bits per heavy atom. The molecule has 4 rings (SSSR count). The van der Waals surface area contributed by atoms with Crippen molar-refractivity contribution in [2.24, 2.45) is 0 Å². The first-order valence-corrected chi connectivity index (χ1v) is 8.16. The molecular formula is C20H18N2O3. The molecule has 25 heavy (non-hydrogen) atoms. The number of amides is 1. The molecule has 0 saturated carbocycles. The fraction of sp³-hybridized carbons (Fsp3) is 0.200. The van der Waals surface area contributed by atoms with Crippen LogP contribution in [0.1, 0.15) is 11.1 Å². The first-order valence-electron chi connectivity index (χ1n) is 8.16. The zero-order chi connectivity index (χ0) is 17.2. The van der Waals surface area contributed by atoms with Crippen LogP contribution in [0, 0.1) is 0 Å². The largest absolute Gasteiger partial charge is 0.454 e. The van der Waals surface area contributed by atoms with Crippen molar-refractivity contribution in [3.63, 3.8) is 0 Å². The molecule has 0 spiro atoms. The maximum Gasteiger partial charge on any atom is 0.231 e. The molecule has 5 heteroatoms. The maximum absolute atomic E-state index is 12.6. The van der Waals surface area contributed by atoms with Crippen LogP contribution < -0.4 is 9.47 Å². The predicted molar refractivity (Wildman–Crippen MR) is 94.5 cm³/mol. The van der Waals surface area contributed by atoms with E-state index in [1.807, 2.05) is 55.6 Å². The second-order valence-electron chi connectivity index (χ2n) is 6.10. The molecule has 0 atom stereocenters. The average Bonchev–Trinajstić information content (AvgIpc) is 3.10. The Balaban J connectivity index is 1.48. The van der Waals surface area contributed by atoms with Crippen molar-refractivity contribution < 1.29 is 14.3 Å². The first kappa shape index (κ1) is 15.4. The van der Waals surface area contributed by atoms with Gasteiger partial charge in [0.25, 0.3) is 0 Å². The molecule has 2 aromatic carbocycles. The minimum atomic E-state index is 0.0553. The molecule has 1 aliphatic rings.